The van der Waals surface area contributed by atoms with Gasteiger partial charge in [0, 0.05) is 0 Å². The average Bonchev–Trinajstić information content (AvgIpc) is 2.34. The topological polar surface area (TPSA) is 35.2 Å². The van der Waals surface area contributed by atoms with Crippen molar-refractivity contribution in [3.05, 3.63) is 53.1 Å². The van der Waals surface area contributed by atoms with E-state index in [1.807, 2.05) is 31.2 Å². The summed E-state index contributed by atoms with van der Waals surface area (Å²) in [5.41, 5.74) is 10.4. The number of ether oxygens (including phenoxy) is 1. The number of hydrogen-bond donors (Lipinski definition) is 1. The zero-order valence-electron chi connectivity index (χ0n) is 12.0. The minimum Gasteiger partial charge on any atom is -0.455 e. The lowest BCUT2D eigenvalue weighted by molar-refractivity contribution is 0.484. The van der Waals surface area contributed by atoms with Crippen LogP contribution in [0.1, 0.15) is 36.5 Å². The number of aryl methyl sites for hydroxylation is 2. The molecular weight excluding hydrogens is 234 g/mol. The first-order valence-corrected chi connectivity index (χ1v) is 6.62. The third kappa shape index (κ3) is 2.90. The summed E-state index contributed by atoms with van der Waals surface area (Å²) in [5.74, 6) is 2.08. The predicted molar refractivity (Wildman–Crippen MR) is 80.9 cm³/mol. The zero-order chi connectivity index (χ0) is 14.0. The molecule has 0 spiro atoms. The Morgan fingerprint density at radius 2 is 1.74 bits per heavy atom. The Labute approximate surface area is 115 Å². The summed E-state index contributed by atoms with van der Waals surface area (Å²) in [5, 5.41) is 0. The molecule has 0 aliphatic heterocycles. The molecule has 2 nitrogen and oxygen atoms in total. The molecule has 0 saturated heterocycles. The second-order valence-electron chi connectivity index (χ2n) is 5.26. The summed E-state index contributed by atoms with van der Waals surface area (Å²) < 4.78 is 5.88. The largest absolute Gasteiger partial charge is 0.455 e. The SMILES string of the molecule is Cc1cc(Oc2cccc(C)c2N)ccc1C(C)C. The van der Waals surface area contributed by atoms with Crippen molar-refractivity contribution in [3.63, 3.8) is 0 Å². The van der Waals surface area contributed by atoms with Crippen LogP contribution in [0.3, 0.4) is 0 Å². The van der Waals surface area contributed by atoms with Crippen molar-refractivity contribution >= 4 is 5.69 Å². The molecule has 100 valence electrons. The van der Waals surface area contributed by atoms with E-state index in [1.165, 1.54) is 11.1 Å². The van der Waals surface area contributed by atoms with Crippen molar-refractivity contribution in [2.45, 2.75) is 33.6 Å². The quantitative estimate of drug-likeness (QED) is 0.799. The Morgan fingerprint density at radius 3 is 2.37 bits per heavy atom. The van der Waals surface area contributed by atoms with Gasteiger partial charge in [0.25, 0.3) is 0 Å². The second-order valence-corrected chi connectivity index (χ2v) is 5.26. The Kier molecular flexibility index (Phi) is 3.79. The van der Waals surface area contributed by atoms with Crippen LogP contribution in [-0.4, -0.2) is 0 Å². The van der Waals surface area contributed by atoms with E-state index in [1.54, 1.807) is 0 Å². The molecular formula is C17H21NO. The number of rotatable bonds is 3. The summed E-state index contributed by atoms with van der Waals surface area (Å²) in [6.07, 6.45) is 0. The molecule has 0 aromatic heterocycles. The van der Waals surface area contributed by atoms with Crippen LogP contribution < -0.4 is 10.5 Å². The standard InChI is InChI=1S/C17H21NO/c1-11(2)15-9-8-14(10-13(15)4)19-16-7-5-6-12(3)17(16)18/h5-11H,18H2,1-4H3. The van der Waals surface area contributed by atoms with Gasteiger partial charge in [0.1, 0.15) is 5.75 Å². The van der Waals surface area contributed by atoms with Gasteiger partial charge < -0.3 is 10.5 Å². The summed E-state index contributed by atoms with van der Waals surface area (Å²) in [4.78, 5) is 0. The average molecular weight is 255 g/mol. The minimum absolute atomic E-state index is 0.526. The molecule has 0 fully saturated rings. The Hall–Kier alpha value is -1.96. The normalized spacial score (nSPS) is 10.8. The molecule has 0 aliphatic carbocycles. The fourth-order valence-electron chi connectivity index (χ4n) is 2.23. The fraction of sp³-hybridized carbons (Fsp3) is 0.294. The first-order valence-electron chi connectivity index (χ1n) is 6.62. The number of benzene rings is 2. The van der Waals surface area contributed by atoms with Gasteiger partial charge >= 0.3 is 0 Å². The fourth-order valence-corrected chi connectivity index (χ4v) is 2.23. The van der Waals surface area contributed by atoms with Gasteiger partial charge in [-0.15, -0.1) is 0 Å². The van der Waals surface area contributed by atoms with Crippen molar-refractivity contribution < 1.29 is 4.74 Å². The molecule has 0 atom stereocenters. The molecule has 2 aromatic carbocycles. The van der Waals surface area contributed by atoms with E-state index in [2.05, 4.69) is 32.9 Å². The molecule has 2 rings (SSSR count). The Balaban J connectivity index is 2.29. The molecule has 2 N–H and O–H groups in total. The highest BCUT2D eigenvalue weighted by molar-refractivity contribution is 5.59. The molecule has 0 unspecified atom stereocenters. The summed E-state index contributed by atoms with van der Waals surface area (Å²) >= 11 is 0. The van der Waals surface area contributed by atoms with Crippen molar-refractivity contribution in [2.75, 3.05) is 5.73 Å². The molecule has 2 heteroatoms. The maximum Gasteiger partial charge on any atom is 0.150 e. The number of nitrogen functional groups attached to an aromatic ring is 1. The van der Waals surface area contributed by atoms with Crippen LogP contribution in [0.5, 0.6) is 11.5 Å². The molecule has 0 heterocycles. The van der Waals surface area contributed by atoms with Crippen LogP contribution in [0.2, 0.25) is 0 Å². The number of nitrogens with two attached hydrogens (primary N) is 1. The van der Waals surface area contributed by atoms with Crippen LogP contribution in [0.25, 0.3) is 0 Å². The summed E-state index contributed by atoms with van der Waals surface area (Å²) in [6.45, 7) is 8.49. The smallest absolute Gasteiger partial charge is 0.150 e. The van der Waals surface area contributed by atoms with E-state index in [4.69, 9.17) is 10.5 Å². The van der Waals surface area contributed by atoms with Crippen molar-refractivity contribution in [1.82, 2.24) is 0 Å². The molecule has 0 aliphatic rings. The maximum absolute atomic E-state index is 6.02. The third-order valence-electron chi connectivity index (χ3n) is 3.38. The monoisotopic (exact) mass is 255 g/mol. The number of hydrogen-bond acceptors (Lipinski definition) is 2. The molecule has 0 amide bonds. The van der Waals surface area contributed by atoms with Gasteiger partial charge in [-0.2, -0.15) is 0 Å². The molecule has 19 heavy (non-hydrogen) atoms. The highest BCUT2D eigenvalue weighted by Gasteiger charge is 2.07. The van der Waals surface area contributed by atoms with Crippen LogP contribution in [-0.2, 0) is 0 Å². The van der Waals surface area contributed by atoms with Gasteiger partial charge in [0.2, 0.25) is 0 Å². The van der Waals surface area contributed by atoms with Gasteiger partial charge in [-0.25, -0.2) is 0 Å². The van der Waals surface area contributed by atoms with E-state index >= 15 is 0 Å². The van der Waals surface area contributed by atoms with Crippen LogP contribution >= 0.6 is 0 Å². The van der Waals surface area contributed by atoms with Crippen LogP contribution in [0, 0.1) is 13.8 Å². The van der Waals surface area contributed by atoms with Crippen molar-refractivity contribution in [3.8, 4) is 11.5 Å². The van der Waals surface area contributed by atoms with Gasteiger partial charge in [0.15, 0.2) is 5.75 Å². The first kappa shape index (κ1) is 13.5. The summed E-state index contributed by atoms with van der Waals surface area (Å²) in [6, 6.07) is 12.0. The van der Waals surface area contributed by atoms with E-state index in [-0.39, 0.29) is 0 Å². The Bertz CT molecular complexity index is 588. The number of anilines is 1. The van der Waals surface area contributed by atoms with Gasteiger partial charge in [-0.1, -0.05) is 32.0 Å². The third-order valence-corrected chi connectivity index (χ3v) is 3.38. The lowest BCUT2D eigenvalue weighted by Crippen LogP contribution is -1.96. The highest BCUT2D eigenvalue weighted by atomic mass is 16.5. The van der Waals surface area contributed by atoms with Crippen LogP contribution in [0.4, 0.5) is 5.69 Å². The van der Waals surface area contributed by atoms with Crippen LogP contribution in [0.15, 0.2) is 36.4 Å². The predicted octanol–water partition coefficient (Wildman–Crippen LogP) is 4.80. The van der Waals surface area contributed by atoms with Crippen molar-refractivity contribution in [1.29, 1.82) is 0 Å². The molecule has 0 saturated carbocycles. The van der Waals surface area contributed by atoms with E-state index in [9.17, 15) is 0 Å². The summed E-state index contributed by atoms with van der Waals surface area (Å²) in [7, 11) is 0. The highest BCUT2D eigenvalue weighted by Crippen LogP contribution is 2.31. The van der Waals surface area contributed by atoms with Gasteiger partial charge in [-0.3, -0.25) is 0 Å². The minimum atomic E-state index is 0.526. The van der Waals surface area contributed by atoms with E-state index in [0.29, 0.717) is 11.6 Å². The second kappa shape index (κ2) is 5.35. The lowest BCUT2D eigenvalue weighted by atomic mass is 9.98. The van der Waals surface area contributed by atoms with E-state index in [0.717, 1.165) is 17.1 Å². The Morgan fingerprint density at radius 1 is 1.00 bits per heavy atom. The lowest BCUT2D eigenvalue weighted by Gasteiger charge is -2.14. The molecule has 2 aromatic rings. The zero-order valence-corrected chi connectivity index (χ0v) is 12.0. The van der Waals surface area contributed by atoms with Gasteiger partial charge in [-0.05, 0) is 54.7 Å². The molecule has 0 bridgehead atoms. The van der Waals surface area contributed by atoms with Gasteiger partial charge in [0.05, 0.1) is 5.69 Å². The number of para-hydroxylation sites is 1. The maximum atomic E-state index is 6.02. The van der Waals surface area contributed by atoms with Crippen molar-refractivity contribution in [2.24, 2.45) is 0 Å². The van der Waals surface area contributed by atoms with E-state index < -0.39 is 0 Å². The molecule has 0 radical (unpaired) electrons. The first-order chi connectivity index (χ1) is 8.99.